The van der Waals surface area contributed by atoms with Crippen molar-refractivity contribution in [3.05, 3.63) is 11.6 Å². The van der Waals surface area contributed by atoms with Crippen LogP contribution in [0.4, 0.5) is 0 Å². The third-order valence-electron chi connectivity index (χ3n) is 1.47. The van der Waals surface area contributed by atoms with E-state index in [4.69, 9.17) is 9.84 Å². The topological polar surface area (TPSA) is 49.8 Å². The minimum absolute atomic E-state index is 0.169. The molecule has 0 radical (unpaired) electrons. The fourth-order valence-electron chi connectivity index (χ4n) is 0.760. The van der Waals surface area contributed by atoms with Crippen molar-refractivity contribution in [3.63, 3.8) is 0 Å². The second-order valence-electron chi connectivity index (χ2n) is 2.28. The Kier molecular flexibility index (Phi) is 2.06. The Balaban J connectivity index is 2.40. The zero-order valence-electron chi connectivity index (χ0n) is 5.83. The van der Waals surface area contributed by atoms with Gasteiger partial charge in [-0.05, 0) is 6.92 Å². The minimum atomic E-state index is -0.835. The van der Waals surface area contributed by atoms with E-state index in [1.165, 1.54) is 0 Å². The molecule has 1 rings (SSSR count). The molecule has 1 atom stereocenters. The van der Waals surface area contributed by atoms with Crippen LogP contribution in [0.3, 0.4) is 0 Å². The fraction of sp³-hybridized carbons (Fsp3) is 0.571. The molecule has 0 aromatic rings. The molecule has 0 spiro atoms. The molecule has 0 amide bonds. The molecule has 0 aromatic heterocycles. The molecule has 3 nitrogen and oxygen atoms in total. The van der Waals surface area contributed by atoms with Gasteiger partial charge in [0.1, 0.15) is 0 Å². The molecule has 1 saturated heterocycles. The van der Waals surface area contributed by atoms with Crippen molar-refractivity contribution in [2.75, 3.05) is 6.61 Å². The molecule has 1 fully saturated rings. The molecule has 0 saturated carbocycles. The molecule has 1 aliphatic rings. The van der Waals surface area contributed by atoms with Gasteiger partial charge in [-0.25, -0.2) is 4.79 Å². The number of aliphatic carboxylic acids is 1. The van der Waals surface area contributed by atoms with Crippen molar-refractivity contribution in [1.29, 1.82) is 0 Å². The van der Waals surface area contributed by atoms with Crippen molar-refractivity contribution >= 4 is 5.97 Å². The normalized spacial score (nSPS) is 24.5. The molecule has 1 unspecified atom stereocenters. The zero-order chi connectivity index (χ0) is 7.56. The summed E-state index contributed by atoms with van der Waals surface area (Å²) in [5, 5.41) is 8.53. The van der Waals surface area contributed by atoms with E-state index in [9.17, 15) is 4.79 Å². The second kappa shape index (κ2) is 2.84. The van der Waals surface area contributed by atoms with Crippen LogP contribution < -0.4 is 0 Å². The highest BCUT2D eigenvalue weighted by Gasteiger charge is 2.25. The summed E-state index contributed by atoms with van der Waals surface area (Å²) in [5.74, 6) is -0.835. The number of carboxylic acids is 1. The van der Waals surface area contributed by atoms with E-state index < -0.39 is 5.97 Å². The Morgan fingerprint density at radius 3 is 2.80 bits per heavy atom. The van der Waals surface area contributed by atoms with Crippen LogP contribution in [0.25, 0.3) is 0 Å². The predicted molar refractivity (Wildman–Crippen MR) is 35.7 cm³/mol. The Bertz CT molecular complexity index is 168. The average Bonchev–Trinajstić information content (AvgIpc) is 2.64. The van der Waals surface area contributed by atoms with Crippen molar-refractivity contribution in [1.82, 2.24) is 0 Å². The molecule has 0 aliphatic carbocycles. The third-order valence-corrected chi connectivity index (χ3v) is 1.47. The van der Waals surface area contributed by atoms with Gasteiger partial charge in [-0.3, -0.25) is 0 Å². The standard InChI is InChI=1S/C7H10O3/c1-2-5(7(8)9)3-6-4-10-6/h2,6H,3-4H2,1H3,(H,8,9). The van der Waals surface area contributed by atoms with Crippen LogP contribution in [-0.4, -0.2) is 23.8 Å². The van der Waals surface area contributed by atoms with E-state index >= 15 is 0 Å². The SMILES string of the molecule is CC=C(CC1CO1)C(=O)O. The van der Waals surface area contributed by atoms with Gasteiger partial charge in [-0.15, -0.1) is 0 Å². The Labute approximate surface area is 59.3 Å². The number of carbonyl (C=O) groups is 1. The summed E-state index contributed by atoms with van der Waals surface area (Å²) < 4.78 is 4.89. The van der Waals surface area contributed by atoms with Gasteiger partial charge in [0.05, 0.1) is 12.7 Å². The molecular weight excluding hydrogens is 132 g/mol. The van der Waals surface area contributed by atoms with Gasteiger partial charge in [0.15, 0.2) is 0 Å². The lowest BCUT2D eigenvalue weighted by Crippen LogP contribution is -2.02. The first-order chi connectivity index (χ1) is 4.74. The van der Waals surface area contributed by atoms with Gasteiger partial charge in [0.2, 0.25) is 0 Å². The average molecular weight is 142 g/mol. The summed E-state index contributed by atoms with van der Waals surface area (Å²) in [5.41, 5.74) is 0.447. The monoisotopic (exact) mass is 142 g/mol. The van der Waals surface area contributed by atoms with Crippen LogP contribution in [0.1, 0.15) is 13.3 Å². The van der Waals surface area contributed by atoms with Crippen LogP contribution in [0.15, 0.2) is 11.6 Å². The molecule has 1 N–H and O–H groups in total. The smallest absolute Gasteiger partial charge is 0.331 e. The summed E-state index contributed by atoms with van der Waals surface area (Å²) in [6.45, 7) is 2.44. The van der Waals surface area contributed by atoms with Crippen LogP contribution in [0.2, 0.25) is 0 Å². The van der Waals surface area contributed by atoms with Crippen molar-refractivity contribution < 1.29 is 14.6 Å². The Morgan fingerprint density at radius 2 is 2.50 bits per heavy atom. The van der Waals surface area contributed by atoms with Crippen molar-refractivity contribution in [2.45, 2.75) is 19.4 Å². The van der Waals surface area contributed by atoms with Crippen LogP contribution in [-0.2, 0) is 9.53 Å². The molecule has 1 heterocycles. The maximum absolute atomic E-state index is 10.4. The lowest BCUT2D eigenvalue weighted by atomic mass is 10.1. The van der Waals surface area contributed by atoms with Crippen LogP contribution >= 0.6 is 0 Å². The van der Waals surface area contributed by atoms with Gasteiger partial charge < -0.3 is 9.84 Å². The van der Waals surface area contributed by atoms with Gasteiger partial charge in [-0.2, -0.15) is 0 Å². The largest absolute Gasteiger partial charge is 0.478 e. The quantitative estimate of drug-likeness (QED) is 0.468. The number of rotatable bonds is 3. The fourth-order valence-corrected chi connectivity index (χ4v) is 0.760. The highest BCUT2D eigenvalue weighted by atomic mass is 16.6. The van der Waals surface area contributed by atoms with Gasteiger partial charge in [-0.1, -0.05) is 6.08 Å². The number of hydrogen-bond donors (Lipinski definition) is 1. The maximum atomic E-state index is 10.4. The summed E-state index contributed by atoms with van der Waals surface area (Å²) in [6, 6.07) is 0. The first-order valence-corrected chi connectivity index (χ1v) is 3.24. The Hall–Kier alpha value is -0.830. The molecule has 10 heavy (non-hydrogen) atoms. The minimum Gasteiger partial charge on any atom is -0.478 e. The second-order valence-corrected chi connectivity index (χ2v) is 2.28. The molecule has 0 aromatic carbocycles. The number of carboxylic acid groups (broad SMARTS) is 1. The summed E-state index contributed by atoms with van der Waals surface area (Å²) >= 11 is 0. The number of allylic oxidation sites excluding steroid dienone is 1. The predicted octanol–water partition coefficient (Wildman–Crippen LogP) is 0.806. The number of ether oxygens (including phenoxy) is 1. The molecular formula is C7H10O3. The first-order valence-electron chi connectivity index (χ1n) is 3.24. The highest BCUT2D eigenvalue weighted by Crippen LogP contribution is 2.18. The van der Waals surface area contributed by atoms with E-state index in [0.717, 1.165) is 0 Å². The van der Waals surface area contributed by atoms with Crippen LogP contribution in [0, 0.1) is 0 Å². The summed E-state index contributed by atoms with van der Waals surface area (Å²) in [4.78, 5) is 10.4. The lowest BCUT2D eigenvalue weighted by molar-refractivity contribution is -0.132. The number of hydrogen-bond acceptors (Lipinski definition) is 2. The van der Waals surface area contributed by atoms with Crippen molar-refractivity contribution in [2.24, 2.45) is 0 Å². The van der Waals surface area contributed by atoms with E-state index in [0.29, 0.717) is 18.6 Å². The number of epoxide rings is 1. The third kappa shape index (κ3) is 1.84. The van der Waals surface area contributed by atoms with E-state index in [1.54, 1.807) is 13.0 Å². The van der Waals surface area contributed by atoms with E-state index in [-0.39, 0.29) is 6.10 Å². The van der Waals surface area contributed by atoms with Gasteiger partial charge in [0, 0.05) is 12.0 Å². The molecule has 0 bridgehead atoms. The summed E-state index contributed by atoms with van der Waals surface area (Å²) in [7, 11) is 0. The van der Waals surface area contributed by atoms with E-state index in [2.05, 4.69) is 0 Å². The zero-order valence-corrected chi connectivity index (χ0v) is 5.83. The van der Waals surface area contributed by atoms with Crippen molar-refractivity contribution in [3.8, 4) is 0 Å². The maximum Gasteiger partial charge on any atom is 0.331 e. The molecule has 56 valence electrons. The van der Waals surface area contributed by atoms with E-state index in [1.807, 2.05) is 0 Å². The first kappa shape index (κ1) is 7.28. The molecule has 1 aliphatic heterocycles. The summed E-state index contributed by atoms with van der Waals surface area (Å²) in [6.07, 6.45) is 2.33. The lowest BCUT2D eigenvalue weighted by Gasteiger charge is -1.95. The van der Waals surface area contributed by atoms with Gasteiger partial charge in [0.25, 0.3) is 0 Å². The van der Waals surface area contributed by atoms with Crippen LogP contribution in [0.5, 0.6) is 0 Å². The van der Waals surface area contributed by atoms with Gasteiger partial charge >= 0.3 is 5.97 Å². The Morgan fingerprint density at radius 1 is 1.90 bits per heavy atom. The highest BCUT2D eigenvalue weighted by molar-refractivity contribution is 5.86. The molecule has 3 heteroatoms.